The molecule has 0 spiro atoms. The summed E-state index contributed by atoms with van der Waals surface area (Å²) < 4.78 is 11.2. The Balaban J connectivity index is 1.13. The third-order valence-electron chi connectivity index (χ3n) is 9.71. The number of nitrogens with one attached hydrogen (secondary N) is 2. The van der Waals surface area contributed by atoms with Crippen LogP contribution in [0, 0.1) is 0 Å². The monoisotopic (exact) mass is 591 g/mol. The van der Waals surface area contributed by atoms with Gasteiger partial charge in [-0.05, 0) is 63.6 Å². The van der Waals surface area contributed by atoms with E-state index in [-0.39, 0.29) is 29.9 Å². The maximum Gasteiger partial charge on any atom is 0.251 e. The number of anilines is 4. The van der Waals surface area contributed by atoms with E-state index in [0.29, 0.717) is 29.0 Å². The highest BCUT2D eigenvalue weighted by molar-refractivity contribution is 6.04. The van der Waals surface area contributed by atoms with Gasteiger partial charge in [-0.15, -0.1) is 0 Å². The smallest absolute Gasteiger partial charge is 0.251 e. The number of likely N-dealkylation sites (tertiary alicyclic amines) is 1. The van der Waals surface area contributed by atoms with Crippen molar-refractivity contribution in [3.63, 3.8) is 0 Å². The van der Waals surface area contributed by atoms with Crippen molar-refractivity contribution in [3.05, 3.63) is 30.0 Å². The van der Waals surface area contributed by atoms with Crippen molar-refractivity contribution in [1.82, 2.24) is 20.2 Å². The Kier molecular flexibility index (Phi) is 8.99. The standard InChI is InChI=1S/C32H45N7O4/c1-21-31(41)37(2)27-20-33-32(36-29(27)39(21)25-7-5-4-6-8-25)35-26-10-9-22(19-28(26)42-3)30(40)34-23-11-15-38(16-12-23)24-13-17-43-18-14-24/h9-10,19-21,23-25H,4-8,11-18H2,1-3H3,(H,34,40)(H,33,35,36)/t21-/m1/s1. The Morgan fingerprint density at radius 2 is 1.77 bits per heavy atom. The van der Waals surface area contributed by atoms with Gasteiger partial charge >= 0.3 is 0 Å². The Morgan fingerprint density at radius 1 is 1.02 bits per heavy atom. The van der Waals surface area contributed by atoms with Gasteiger partial charge < -0.3 is 34.8 Å². The minimum absolute atomic E-state index is 0.0581. The average Bonchev–Trinajstić information content (AvgIpc) is 3.05. The number of hydrogen-bond acceptors (Lipinski definition) is 9. The lowest BCUT2D eigenvalue weighted by Gasteiger charge is -2.44. The molecule has 1 aromatic heterocycles. The number of rotatable bonds is 7. The fraction of sp³-hybridized carbons (Fsp3) is 0.625. The molecular weight excluding hydrogens is 546 g/mol. The van der Waals surface area contributed by atoms with Crippen LogP contribution < -0.4 is 25.2 Å². The molecule has 4 heterocycles. The predicted molar refractivity (Wildman–Crippen MR) is 166 cm³/mol. The predicted octanol–water partition coefficient (Wildman–Crippen LogP) is 4.11. The summed E-state index contributed by atoms with van der Waals surface area (Å²) in [4.78, 5) is 42.1. The van der Waals surface area contributed by atoms with Gasteiger partial charge in [0.25, 0.3) is 5.91 Å². The molecule has 2 N–H and O–H groups in total. The van der Waals surface area contributed by atoms with Gasteiger partial charge in [-0.3, -0.25) is 9.59 Å². The van der Waals surface area contributed by atoms with E-state index in [9.17, 15) is 9.59 Å². The van der Waals surface area contributed by atoms with Crippen LogP contribution in [0.4, 0.5) is 23.1 Å². The zero-order chi connectivity index (χ0) is 29.9. The number of carbonyl (C=O) groups is 2. The normalized spacial score (nSPS) is 22.8. The van der Waals surface area contributed by atoms with E-state index in [1.54, 1.807) is 37.4 Å². The third-order valence-corrected chi connectivity index (χ3v) is 9.71. The molecule has 6 rings (SSSR count). The number of carbonyl (C=O) groups excluding carboxylic acids is 2. The second-order valence-corrected chi connectivity index (χ2v) is 12.3. The molecule has 3 fully saturated rings. The summed E-state index contributed by atoms with van der Waals surface area (Å²) in [5.41, 5.74) is 1.94. The topological polar surface area (TPSA) is 112 Å². The lowest BCUT2D eigenvalue weighted by Crippen LogP contribution is -2.55. The summed E-state index contributed by atoms with van der Waals surface area (Å²) in [6.45, 7) is 5.67. The molecule has 0 radical (unpaired) electrons. The fourth-order valence-corrected chi connectivity index (χ4v) is 7.19. The number of hydrogen-bond donors (Lipinski definition) is 2. The van der Waals surface area contributed by atoms with Crippen LogP contribution in [0.3, 0.4) is 0 Å². The molecule has 43 heavy (non-hydrogen) atoms. The number of ether oxygens (including phenoxy) is 2. The summed E-state index contributed by atoms with van der Waals surface area (Å²) in [6, 6.07) is 6.16. The molecule has 232 valence electrons. The quantitative estimate of drug-likeness (QED) is 0.491. The molecule has 2 aromatic rings. The largest absolute Gasteiger partial charge is 0.495 e. The van der Waals surface area contributed by atoms with Crippen molar-refractivity contribution in [2.75, 3.05) is 55.6 Å². The van der Waals surface area contributed by atoms with Gasteiger partial charge in [0.05, 0.1) is 19.0 Å². The number of fused-ring (bicyclic) bond motifs is 1. The van der Waals surface area contributed by atoms with Crippen molar-refractivity contribution in [2.24, 2.45) is 0 Å². The second-order valence-electron chi connectivity index (χ2n) is 12.3. The van der Waals surface area contributed by atoms with Crippen LogP contribution in [0.25, 0.3) is 0 Å². The van der Waals surface area contributed by atoms with Crippen LogP contribution in [0.2, 0.25) is 0 Å². The average molecular weight is 592 g/mol. The number of amides is 2. The Bertz CT molecular complexity index is 1300. The van der Waals surface area contributed by atoms with Gasteiger partial charge in [-0.1, -0.05) is 19.3 Å². The number of aromatic nitrogens is 2. The Morgan fingerprint density at radius 3 is 2.49 bits per heavy atom. The molecule has 1 saturated carbocycles. The molecule has 4 aliphatic rings. The minimum Gasteiger partial charge on any atom is -0.495 e. The highest BCUT2D eigenvalue weighted by Crippen LogP contribution is 2.39. The van der Waals surface area contributed by atoms with E-state index >= 15 is 0 Å². The van der Waals surface area contributed by atoms with E-state index in [0.717, 1.165) is 89.2 Å². The molecule has 2 saturated heterocycles. The van der Waals surface area contributed by atoms with E-state index in [2.05, 4.69) is 25.4 Å². The van der Waals surface area contributed by atoms with Gasteiger partial charge in [0.2, 0.25) is 11.9 Å². The molecule has 11 nitrogen and oxygen atoms in total. The molecule has 3 aliphatic heterocycles. The van der Waals surface area contributed by atoms with Gasteiger partial charge in [-0.25, -0.2) is 4.98 Å². The van der Waals surface area contributed by atoms with Gasteiger partial charge in [0.1, 0.15) is 17.5 Å². The molecule has 1 aliphatic carbocycles. The number of benzene rings is 1. The number of methoxy groups -OCH3 is 1. The molecule has 1 aromatic carbocycles. The van der Waals surface area contributed by atoms with E-state index in [1.807, 2.05) is 13.0 Å². The zero-order valence-electron chi connectivity index (χ0n) is 25.7. The first-order valence-corrected chi connectivity index (χ1v) is 15.9. The molecule has 0 unspecified atom stereocenters. The Hall–Kier alpha value is -3.44. The van der Waals surface area contributed by atoms with Crippen LogP contribution >= 0.6 is 0 Å². The molecule has 11 heteroatoms. The minimum atomic E-state index is -0.287. The van der Waals surface area contributed by atoms with Crippen molar-refractivity contribution < 1.29 is 19.1 Å². The number of piperidine rings is 1. The molecule has 0 bridgehead atoms. The van der Waals surface area contributed by atoms with Crippen molar-refractivity contribution in [1.29, 1.82) is 0 Å². The van der Waals surface area contributed by atoms with Crippen LogP contribution in [-0.2, 0) is 9.53 Å². The first kappa shape index (κ1) is 29.6. The summed E-state index contributed by atoms with van der Waals surface area (Å²) >= 11 is 0. The van der Waals surface area contributed by atoms with Gasteiger partial charge in [0, 0.05) is 57.0 Å². The number of likely N-dealkylation sites (N-methyl/N-ethyl adjacent to an activating group) is 1. The van der Waals surface area contributed by atoms with Crippen LogP contribution in [0.1, 0.15) is 75.1 Å². The third kappa shape index (κ3) is 6.28. The number of nitrogens with zero attached hydrogens (tertiary/aromatic N) is 5. The summed E-state index contributed by atoms with van der Waals surface area (Å²) in [7, 11) is 3.38. The van der Waals surface area contributed by atoms with Crippen LogP contribution in [0.15, 0.2) is 24.4 Å². The fourth-order valence-electron chi connectivity index (χ4n) is 7.19. The molecule has 1 atom stereocenters. The SMILES string of the molecule is COc1cc(C(=O)NC2CCN(C3CCOCC3)CC2)ccc1Nc1ncc2c(n1)N(C1CCCCC1)[C@H](C)C(=O)N2C. The summed E-state index contributed by atoms with van der Waals surface area (Å²) in [5.74, 6) is 1.69. The lowest BCUT2D eigenvalue weighted by molar-refractivity contribution is -0.119. The highest BCUT2D eigenvalue weighted by Gasteiger charge is 2.39. The molecule has 2 amide bonds. The maximum absolute atomic E-state index is 13.2. The first-order valence-electron chi connectivity index (χ1n) is 15.9. The van der Waals surface area contributed by atoms with E-state index < -0.39 is 0 Å². The van der Waals surface area contributed by atoms with Crippen LogP contribution in [-0.4, -0.2) is 91.3 Å². The summed E-state index contributed by atoms with van der Waals surface area (Å²) in [5, 5.41) is 6.53. The van der Waals surface area contributed by atoms with Gasteiger partial charge in [0.15, 0.2) is 5.82 Å². The van der Waals surface area contributed by atoms with Crippen LogP contribution in [0.5, 0.6) is 5.75 Å². The Labute approximate surface area is 254 Å². The highest BCUT2D eigenvalue weighted by atomic mass is 16.5. The van der Waals surface area contributed by atoms with E-state index in [1.165, 1.54) is 6.42 Å². The first-order chi connectivity index (χ1) is 20.9. The second kappa shape index (κ2) is 13.1. The van der Waals surface area contributed by atoms with Gasteiger partial charge in [-0.2, -0.15) is 4.98 Å². The van der Waals surface area contributed by atoms with Crippen molar-refractivity contribution in [3.8, 4) is 5.75 Å². The lowest BCUT2D eigenvalue weighted by atomic mass is 9.92. The zero-order valence-corrected chi connectivity index (χ0v) is 25.7. The maximum atomic E-state index is 13.2. The van der Waals surface area contributed by atoms with E-state index in [4.69, 9.17) is 14.5 Å². The summed E-state index contributed by atoms with van der Waals surface area (Å²) in [6.07, 6.45) is 11.5. The van der Waals surface area contributed by atoms with Crippen molar-refractivity contribution in [2.45, 2.75) is 88.9 Å². The van der Waals surface area contributed by atoms with Crippen molar-refractivity contribution >= 4 is 35.0 Å². The molecular formula is C32H45N7O4.